The highest BCUT2D eigenvalue weighted by Crippen LogP contribution is 2.44. The molecule has 1 fully saturated rings. The largest absolute Gasteiger partial charge is 0.504 e. The van der Waals surface area contributed by atoms with E-state index in [1.165, 1.54) is 11.8 Å². The maximum Gasteiger partial charge on any atom is 0.229 e. The third-order valence-electron chi connectivity index (χ3n) is 5.50. The second-order valence-electron chi connectivity index (χ2n) is 7.46. The van der Waals surface area contributed by atoms with Gasteiger partial charge in [0.1, 0.15) is 0 Å². The highest BCUT2D eigenvalue weighted by Gasteiger charge is 2.38. The van der Waals surface area contributed by atoms with Crippen molar-refractivity contribution in [3.05, 3.63) is 63.1 Å². The van der Waals surface area contributed by atoms with Gasteiger partial charge in [0.05, 0.1) is 35.8 Å². The van der Waals surface area contributed by atoms with Crippen molar-refractivity contribution in [3.8, 4) is 17.6 Å². The van der Waals surface area contributed by atoms with Gasteiger partial charge >= 0.3 is 0 Å². The molecule has 2 heterocycles. The number of halogens is 1. The zero-order valence-electron chi connectivity index (χ0n) is 17.3. The first-order valence-corrected chi connectivity index (χ1v) is 11.3. The molecule has 1 N–H and O–H groups in total. The summed E-state index contributed by atoms with van der Waals surface area (Å²) in [5.74, 6) is 0.601. The lowest BCUT2D eigenvalue weighted by Gasteiger charge is -2.42. The van der Waals surface area contributed by atoms with E-state index in [2.05, 4.69) is 11.0 Å². The minimum Gasteiger partial charge on any atom is -0.504 e. The topological polar surface area (TPSA) is 76.8 Å². The fraction of sp³-hybridized carbons (Fsp3) is 0.304. The number of phenols is 1. The summed E-state index contributed by atoms with van der Waals surface area (Å²) in [6, 6.07) is 13.2. The Labute approximate surface area is 190 Å². The number of amides is 1. The summed E-state index contributed by atoms with van der Waals surface area (Å²) in [7, 11) is 0. The Hall–Kier alpha value is -2.82. The number of nitrogens with zero attached hydrogens (tertiary/aromatic N) is 3. The SMILES string of the molecule is CCOc1cc([C@@H]2CC(=O)N3CN(c4ccc(C)c(Cl)c4)CSC3=C2C#N)ccc1O. The highest BCUT2D eigenvalue weighted by molar-refractivity contribution is 8.03. The third kappa shape index (κ3) is 4.06. The number of thioether (sulfide) groups is 1. The van der Waals surface area contributed by atoms with E-state index in [4.69, 9.17) is 16.3 Å². The molecule has 31 heavy (non-hydrogen) atoms. The Morgan fingerprint density at radius 2 is 2.13 bits per heavy atom. The quantitative estimate of drug-likeness (QED) is 0.701. The van der Waals surface area contributed by atoms with Gasteiger partial charge in [-0.05, 0) is 49.2 Å². The van der Waals surface area contributed by atoms with Gasteiger partial charge in [-0.3, -0.25) is 9.69 Å². The molecule has 1 saturated heterocycles. The van der Waals surface area contributed by atoms with Crippen molar-refractivity contribution < 1.29 is 14.6 Å². The van der Waals surface area contributed by atoms with Crippen LogP contribution in [0.25, 0.3) is 0 Å². The van der Waals surface area contributed by atoms with Crippen molar-refractivity contribution in [1.82, 2.24) is 4.90 Å². The summed E-state index contributed by atoms with van der Waals surface area (Å²) in [5, 5.41) is 21.3. The van der Waals surface area contributed by atoms with Crippen molar-refractivity contribution in [1.29, 1.82) is 5.26 Å². The number of anilines is 1. The van der Waals surface area contributed by atoms with Crippen LogP contribution in [0.5, 0.6) is 11.5 Å². The predicted octanol–water partition coefficient (Wildman–Crippen LogP) is 4.97. The van der Waals surface area contributed by atoms with Gasteiger partial charge in [-0.15, -0.1) is 0 Å². The molecule has 0 saturated carbocycles. The van der Waals surface area contributed by atoms with Crippen LogP contribution in [0, 0.1) is 18.3 Å². The average Bonchev–Trinajstić information content (AvgIpc) is 2.77. The Morgan fingerprint density at radius 1 is 1.32 bits per heavy atom. The van der Waals surface area contributed by atoms with Crippen LogP contribution in [0.1, 0.15) is 30.4 Å². The van der Waals surface area contributed by atoms with Crippen molar-refractivity contribution in [2.45, 2.75) is 26.2 Å². The number of aromatic hydroxyl groups is 1. The van der Waals surface area contributed by atoms with E-state index in [9.17, 15) is 15.2 Å². The van der Waals surface area contributed by atoms with E-state index in [0.717, 1.165) is 16.8 Å². The predicted molar refractivity (Wildman–Crippen MR) is 122 cm³/mol. The van der Waals surface area contributed by atoms with Gasteiger partial charge < -0.3 is 14.7 Å². The molecule has 4 rings (SSSR count). The Bertz CT molecular complexity index is 1110. The molecule has 2 aromatic rings. The number of allylic oxidation sites excluding steroid dienone is 1. The van der Waals surface area contributed by atoms with Gasteiger partial charge in [-0.2, -0.15) is 5.26 Å². The summed E-state index contributed by atoms with van der Waals surface area (Å²) < 4.78 is 5.48. The first-order chi connectivity index (χ1) is 14.9. The lowest BCUT2D eigenvalue weighted by Crippen LogP contribution is -2.47. The fourth-order valence-electron chi connectivity index (χ4n) is 3.81. The number of benzene rings is 2. The van der Waals surface area contributed by atoms with Crippen LogP contribution in [0.3, 0.4) is 0 Å². The minimum atomic E-state index is -0.364. The Morgan fingerprint density at radius 3 is 2.84 bits per heavy atom. The number of carbonyl (C=O) groups excluding carboxylic acids is 1. The molecule has 0 bridgehead atoms. The number of carbonyl (C=O) groups is 1. The molecule has 0 spiro atoms. The summed E-state index contributed by atoms with van der Waals surface area (Å²) in [4.78, 5) is 16.8. The van der Waals surface area contributed by atoms with Crippen molar-refractivity contribution >= 4 is 35.0 Å². The molecule has 160 valence electrons. The number of hydrogen-bond acceptors (Lipinski definition) is 6. The highest BCUT2D eigenvalue weighted by atomic mass is 35.5. The molecule has 1 amide bonds. The summed E-state index contributed by atoms with van der Waals surface area (Å²) >= 11 is 7.76. The average molecular weight is 456 g/mol. The van der Waals surface area contributed by atoms with Crippen LogP contribution in [0.15, 0.2) is 47.0 Å². The maximum absolute atomic E-state index is 13.1. The number of ether oxygens (including phenoxy) is 1. The molecule has 2 aliphatic heterocycles. The second-order valence-corrected chi connectivity index (χ2v) is 8.80. The number of fused-ring (bicyclic) bond motifs is 1. The van der Waals surface area contributed by atoms with Gasteiger partial charge in [0.25, 0.3) is 0 Å². The van der Waals surface area contributed by atoms with Gasteiger partial charge in [0.15, 0.2) is 11.5 Å². The lowest BCUT2D eigenvalue weighted by atomic mass is 9.86. The van der Waals surface area contributed by atoms with Crippen molar-refractivity contribution in [3.63, 3.8) is 0 Å². The maximum atomic E-state index is 13.1. The summed E-state index contributed by atoms with van der Waals surface area (Å²) in [6.45, 7) is 4.57. The monoisotopic (exact) mass is 455 g/mol. The molecular formula is C23H22ClN3O3S. The van der Waals surface area contributed by atoms with E-state index in [0.29, 0.717) is 40.5 Å². The molecule has 0 unspecified atom stereocenters. The molecule has 6 nitrogen and oxygen atoms in total. The molecule has 0 radical (unpaired) electrons. The van der Waals surface area contributed by atoms with Crippen LogP contribution in [-0.4, -0.2) is 35.1 Å². The molecule has 0 aromatic heterocycles. The molecule has 2 aliphatic rings. The third-order valence-corrected chi connectivity index (χ3v) is 7.06. The van der Waals surface area contributed by atoms with Gasteiger partial charge in [0.2, 0.25) is 5.91 Å². The minimum absolute atomic E-state index is 0.0413. The van der Waals surface area contributed by atoms with Crippen LogP contribution >= 0.6 is 23.4 Å². The summed E-state index contributed by atoms with van der Waals surface area (Å²) in [5.41, 5.74) is 3.29. The molecule has 1 atom stereocenters. The van der Waals surface area contributed by atoms with Gasteiger partial charge in [0, 0.05) is 23.0 Å². The van der Waals surface area contributed by atoms with E-state index in [1.807, 2.05) is 32.0 Å². The van der Waals surface area contributed by atoms with E-state index in [-0.39, 0.29) is 24.0 Å². The Balaban J connectivity index is 1.66. The Kier molecular flexibility index (Phi) is 6.03. The molecule has 8 heteroatoms. The zero-order chi connectivity index (χ0) is 22.1. The number of nitriles is 1. The zero-order valence-corrected chi connectivity index (χ0v) is 18.8. The lowest BCUT2D eigenvalue weighted by molar-refractivity contribution is -0.129. The van der Waals surface area contributed by atoms with Gasteiger partial charge in [-0.1, -0.05) is 35.5 Å². The van der Waals surface area contributed by atoms with Crippen LogP contribution < -0.4 is 9.64 Å². The first kappa shape index (κ1) is 21.4. The first-order valence-electron chi connectivity index (χ1n) is 9.97. The van der Waals surface area contributed by atoms with Crippen LogP contribution in [0.2, 0.25) is 5.02 Å². The van der Waals surface area contributed by atoms with Crippen LogP contribution in [0.4, 0.5) is 5.69 Å². The molecule has 0 aliphatic carbocycles. The summed E-state index contributed by atoms with van der Waals surface area (Å²) in [6.07, 6.45) is 0.186. The standard InChI is InChI=1S/C23H22ClN3O3S/c1-3-30-21-8-15(5-7-20(21)28)17-10-22(29)27-12-26(13-31-23(27)18(17)11-25)16-6-4-14(2)19(24)9-16/h4-9,17,28H,3,10,12-13H2,1-2H3/t17-/m0/s1. The smallest absolute Gasteiger partial charge is 0.229 e. The van der Waals surface area contributed by atoms with Crippen molar-refractivity contribution in [2.24, 2.45) is 0 Å². The molecule has 2 aromatic carbocycles. The second kappa shape index (κ2) is 8.74. The normalized spacial score (nSPS) is 18.6. The number of aryl methyl sites for hydroxylation is 1. The number of rotatable bonds is 4. The fourth-order valence-corrected chi connectivity index (χ4v) is 5.15. The van der Waals surface area contributed by atoms with Crippen molar-refractivity contribution in [2.75, 3.05) is 24.1 Å². The van der Waals surface area contributed by atoms with Gasteiger partial charge in [-0.25, -0.2) is 0 Å². The van der Waals surface area contributed by atoms with E-state index < -0.39 is 0 Å². The van der Waals surface area contributed by atoms with E-state index in [1.54, 1.807) is 23.1 Å². The molecular weight excluding hydrogens is 434 g/mol. The number of hydrogen-bond donors (Lipinski definition) is 1. The number of phenolic OH excluding ortho intramolecular Hbond substituents is 1. The van der Waals surface area contributed by atoms with Crippen LogP contribution in [-0.2, 0) is 4.79 Å². The van der Waals surface area contributed by atoms with E-state index >= 15 is 0 Å².